The lowest BCUT2D eigenvalue weighted by Gasteiger charge is -2.60. The van der Waals surface area contributed by atoms with Gasteiger partial charge in [0.15, 0.2) is 0 Å². The Kier molecular flexibility index (Phi) is 3.99. The fourth-order valence-electron chi connectivity index (χ4n) is 5.11. The van der Waals surface area contributed by atoms with Crippen molar-refractivity contribution in [2.24, 2.45) is 5.41 Å². The minimum absolute atomic E-state index is 0.0588. The number of aromatic hydroxyl groups is 1. The molecule has 1 aliphatic heterocycles. The number of carbonyl (C=O) groups excluding carboxylic acids is 1. The molecule has 2 N–H and O–H groups in total. The van der Waals surface area contributed by atoms with Crippen molar-refractivity contribution in [2.75, 3.05) is 18.9 Å². The average molecular weight is 364 g/mol. The summed E-state index contributed by atoms with van der Waals surface area (Å²) in [6, 6.07) is 13.6. The molecular weight excluding hydrogens is 336 g/mol. The Balaban J connectivity index is 1.74. The van der Waals surface area contributed by atoms with Gasteiger partial charge >= 0.3 is 0 Å². The molecular formula is C23H28N2O2. The molecule has 1 saturated heterocycles. The van der Waals surface area contributed by atoms with Crippen molar-refractivity contribution in [3.05, 3.63) is 59.2 Å². The molecule has 0 spiro atoms. The summed E-state index contributed by atoms with van der Waals surface area (Å²) >= 11 is 0. The summed E-state index contributed by atoms with van der Waals surface area (Å²) in [5, 5.41) is 13.6. The molecule has 2 aromatic carbocycles. The fraction of sp³-hybridized carbons (Fsp3) is 0.435. The van der Waals surface area contributed by atoms with E-state index in [-0.39, 0.29) is 22.8 Å². The summed E-state index contributed by atoms with van der Waals surface area (Å²) in [6.45, 7) is 7.58. The van der Waals surface area contributed by atoms with E-state index in [9.17, 15) is 9.90 Å². The monoisotopic (exact) mass is 364 g/mol. The molecule has 4 rings (SSSR count). The van der Waals surface area contributed by atoms with Crippen molar-refractivity contribution in [3.8, 4) is 5.75 Å². The molecule has 1 heterocycles. The summed E-state index contributed by atoms with van der Waals surface area (Å²) in [6.07, 6.45) is 1.60. The molecule has 142 valence electrons. The molecule has 4 nitrogen and oxygen atoms in total. The van der Waals surface area contributed by atoms with Gasteiger partial charge in [0.25, 0.3) is 5.91 Å². The number of benzene rings is 2. The van der Waals surface area contributed by atoms with Crippen molar-refractivity contribution >= 4 is 11.6 Å². The quantitative estimate of drug-likeness (QED) is 0.840. The average Bonchev–Trinajstić information content (AvgIpc) is 2.65. The van der Waals surface area contributed by atoms with E-state index in [1.54, 1.807) is 6.07 Å². The first-order valence-corrected chi connectivity index (χ1v) is 9.70. The second-order valence-electron chi connectivity index (χ2n) is 8.65. The molecule has 2 aromatic rings. The summed E-state index contributed by atoms with van der Waals surface area (Å²) in [5.74, 6) is 0.434. The summed E-state index contributed by atoms with van der Waals surface area (Å²) in [4.78, 5) is 15.4. The number of hydrogen-bond donors (Lipinski definition) is 2. The molecule has 0 saturated carbocycles. The van der Waals surface area contributed by atoms with E-state index in [0.29, 0.717) is 12.2 Å². The first-order chi connectivity index (χ1) is 12.8. The standard InChI is InChI=1S/C23H28N2O2/c1-22(2)20-14-17-18(6-5-7-19(17)26)23(22,3)12-13-25(20)21(27)15-8-10-16(24-4)11-9-15/h5-11,20,24,26H,12-14H2,1-4H3/t20-,23+/m1/s1. The van der Waals surface area contributed by atoms with Crippen LogP contribution in [0.5, 0.6) is 5.75 Å². The highest BCUT2D eigenvalue weighted by molar-refractivity contribution is 5.95. The maximum absolute atomic E-state index is 13.3. The van der Waals surface area contributed by atoms with Crippen LogP contribution in [0, 0.1) is 5.41 Å². The smallest absolute Gasteiger partial charge is 0.254 e. The van der Waals surface area contributed by atoms with Gasteiger partial charge in [-0.3, -0.25) is 4.79 Å². The molecule has 2 bridgehead atoms. The number of fused-ring (bicyclic) bond motifs is 4. The first-order valence-electron chi connectivity index (χ1n) is 9.70. The van der Waals surface area contributed by atoms with Gasteiger partial charge in [0.2, 0.25) is 0 Å². The second kappa shape index (κ2) is 6.01. The van der Waals surface area contributed by atoms with E-state index >= 15 is 0 Å². The topological polar surface area (TPSA) is 52.6 Å². The van der Waals surface area contributed by atoms with E-state index in [1.165, 1.54) is 5.56 Å². The summed E-state index contributed by atoms with van der Waals surface area (Å²) in [7, 11) is 1.87. The van der Waals surface area contributed by atoms with Crippen LogP contribution in [0.15, 0.2) is 42.5 Å². The number of hydrogen-bond acceptors (Lipinski definition) is 3. The van der Waals surface area contributed by atoms with Gasteiger partial charge in [0.1, 0.15) is 5.75 Å². The fourth-order valence-corrected chi connectivity index (χ4v) is 5.11. The van der Waals surface area contributed by atoms with E-state index in [2.05, 4.69) is 32.2 Å². The van der Waals surface area contributed by atoms with Crippen molar-refractivity contribution in [3.63, 3.8) is 0 Å². The third-order valence-corrected chi connectivity index (χ3v) is 7.31. The first kappa shape index (κ1) is 17.9. The maximum atomic E-state index is 13.3. The lowest BCUT2D eigenvalue weighted by atomic mass is 9.51. The van der Waals surface area contributed by atoms with E-state index in [0.717, 1.165) is 29.8 Å². The Hall–Kier alpha value is -2.49. The van der Waals surface area contributed by atoms with Gasteiger partial charge in [-0.1, -0.05) is 32.9 Å². The number of amides is 1. The molecule has 1 aliphatic carbocycles. The van der Waals surface area contributed by atoms with Crippen molar-refractivity contribution < 1.29 is 9.90 Å². The maximum Gasteiger partial charge on any atom is 0.254 e. The normalized spacial score (nSPS) is 25.6. The molecule has 27 heavy (non-hydrogen) atoms. The summed E-state index contributed by atoms with van der Waals surface area (Å²) in [5.41, 5.74) is 3.83. The van der Waals surface area contributed by atoms with E-state index < -0.39 is 0 Å². The number of likely N-dealkylation sites (tertiary alicyclic amines) is 1. The highest BCUT2D eigenvalue weighted by Gasteiger charge is 2.57. The van der Waals surface area contributed by atoms with Gasteiger partial charge < -0.3 is 15.3 Å². The molecule has 2 aliphatic rings. The minimum atomic E-state index is -0.0768. The van der Waals surface area contributed by atoms with Crippen LogP contribution in [0.25, 0.3) is 0 Å². The van der Waals surface area contributed by atoms with Crippen molar-refractivity contribution in [1.29, 1.82) is 0 Å². The Morgan fingerprint density at radius 3 is 2.52 bits per heavy atom. The lowest BCUT2D eigenvalue weighted by molar-refractivity contribution is -0.0266. The van der Waals surface area contributed by atoms with Crippen LogP contribution < -0.4 is 5.32 Å². The van der Waals surface area contributed by atoms with Gasteiger partial charge in [-0.05, 0) is 59.7 Å². The van der Waals surface area contributed by atoms with E-state index in [4.69, 9.17) is 0 Å². The van der Waals surface area contributed by atoms with Gasteiger partial charge in [-0.15, -0.1) is 0 Å². The van der Waals surface area contributed by atoms with Crippen LogP contribution in [0.4, 0.5) is 5.69 Å². The molecule has 0 aromatic heterocycles. The van der Waals surface area contributed by atoms with Crippen LogP contribution in [-0.2, 0) is 11.8 Å². The highest BCUT2D eigenvalue weighted by atomic mass is 16.3. The molecule has 0 radical (unpaired) electrons. The van der Waals surface area contributed by atoms with E-state index in [1.807, 2.05) is 42.3 Å². The number of nitrogens with zero attached hydrogens (tertiary/aromatic N) is 1. The van der Waals surface area contributed by atoms with Gasteiger partial charge in [0.05, 0.1) is 0 Å². The Labute approximate surface area is 161 Å². The van der Waals surface area contributed by atoms with Crippen LogP contribution in [-0.4, -0.2) is 35.5 Å². The zero-order chi connectivity index (χ0) is 19.4. The van der Waals surface area contributed by atoms with Gasteiger partial charge in [-0.2, -0.15) is 0 Å². The number of nitrogens with one attached hydrogen (secondary N) is 1. The number of phenolic OH excluding ortho intramolecular Hbond substituents is 1. The Bertz CT molecular complexity index is 888. The predicted octanol–water partition coefficient (Wildman–Crippen LogP) is 4.19. The third kappa shape index (κ3) is 2.46. The molecule has 0 unspecified atom stereocenters. The number of rotatable bonds is 2. The van der Waals surface area contributed by atoms with Crippen LogP contribution in [0.2, 0.25) is 0 Å². The van der Waals surface area contributed by atoms with Gasteiger partial charge in [0, 0.05) is 36.3 Å². The Morgan fingerprint density at radius 2 is 1.85 bits per heavy atom. The van der Waals surface area contributed by atoms with Crippen LogP contribution in [0.3, 0.4) is 0 Å². The third-order valence-electron chi connectivity index (χ3n) is 7.31. The summed E-state index contributed by atoms with van der Waals surface area (Å²) < 4.78 is 0. The minimum Gasteiger partial charge on any atom is -0.508 e. The zero-order valence-corrected chi connectivity index (χ0v) is 16.5. The number of carbonyl (C=O) groups is 1. The molecule has 4 heteroatoms. The second-order valence-corrected chi connectivity index (χ2v) is 8.65. The molecule has 1 fully saturated rings. The highest BCUT2D eigenvalue weighted by Crippen LogP contribution is 2.57. The number of anilines is 1. The number of piperidine rings is 1. The van der Waals surface area contributed by atoms with Crippen molar-refractivity contribution in [1.82, 2.24) is 4.90 Å². The SMILES string of the molecule is CNc1ccc(C(=O)N2CC[C@@]3(C)c4cccc(O)c4C[C@@H]2C3(C)C)cc1. The number of phenols is 1. The zero-order valence-electron chi connectivity index (χ0n) is 16.5. The van der Waals surface area contributed by atoms with Crippen LogP contribution in [0.1, 0.15) is 48.7 Å². The van der Waals surface area contributed by atoms with Gasteiger partial charge in [-0.25, -0.2) is 0 Å². The predicted molar refractivity (Wildman–Crippen MR) is 108 cm³/mol. The Morgan fingerprint density at radius 1 is 1.15 bits per heavy atom. The lowest BCUT2D eigenvalue weighted by Crippen LogP contribution is -2.64. The van der Waals surface area contributed by atoms with Crippen LogP contribution >= 0.6 is 0 Å². The van der Waals surface area contributed by atoms with Crippen molar-refractivity contribution in [2.45, 2.75) is 45.1 Å². The largest absolute Gasteiger partial charge is 0.508 e. The molecule has 2 atom stereocenters. The molecule has 1 amide bonds.